The number of carbonyl (C=O) groups is 1. The number of benzene rings is 2. The lowest BCUT2D eigenvalue weighted by Gasteiger charge is -2.50. The zero-order valence-electron chi connectivity index (χ0n) is 16.8. The monoisotopic (exact) mass is 392 g/mol. The van der Waals surface area contributed by atoms with Gasteiger partial charge >= 0.3 is 5.97 Å². The molecule has 0 radical (unpaired) electrons. The van der Waals surface area contributed by atoms with E-state index >= 15 is 0 Å². The molecule has 2 saturated carbocycles. The summed E-state index contributed by atoms with van der Waals surface area (Å²) in [4.78, 5) is 12.4. The predicted molar refractivity (Wildman–Crippen MR) is 110 cm³/mol. The number of aryl methyl sites for hydroxylation is 1. The summed E-state index contributed by atoms with van der Waals surface area (Å²) < 4.78 is 5.55. The summed E-state index contributed by atoms with van der Waals surface area (Å²) in [6.07, 6.45) is 6.28. The Morgan fingerprint density at radius 3 is 2.76 bits per heavy atom. The van der Waals surface area contributed by atoms with Crippen LogP contribution in [0.25, 0.3) is 0 Å². The quantitative estimate of drug-likeness (QED) is 0.568. The van der Waals surface area contributed by atoms with E-state index in [1.807, 2.05) is 12.1 Å². The molecule has 0 bridgehead atoms. The van der Waals surface area contributed by atoms with Gasteiger partial charge in [-0.25, -0.2) is 4.79 Å². The van der Waals surface area contributed by atoms with Crippen molar-refractivity contribution in [3.63, 3.8) is 0 Å². The van der Waals surface area contributed by atoms with Gasteiger partial charge in [-0.05, 0) is 97.1 Å². The molecule has 0 heterocycles. The van der Waals surface area contributed by atoms with Crippen molar-refractivity contribution in [2.75, 3.05) is 0 Å². The third-order valence-corrected chi connectivity index (χ3v) is 7.98. The fourth-order valence-corrected chi connectivity index (χ4v) is 6.40. The van der Waals surface area contributed by atoms with E-state index in [0.717, 1.165) is 38.5 Å². The van der Waals surface area contributed by atoms with Crippen molar-refractivity contribution in [3.05, 3.63) is 59.2 Å². The molecule has 2 fully saturated rings. The molecular formula is C25H28O4. The van der Waals surface area contributed by atoms with Gasteiger partial charge in [0.15, 0.2) is 0 Å². The van der Waals surface area contributed by atoms with Crippen LogP contribution in [0, 0.1) is 17.3 Å². The Kier molecular flexibility index (Phi) is 4.43. The number of rotatable bonds is 2. The second-order valence-electron chi connectivity index (χ2n) is 9.32. The molecule has 4 heteroatoms. The van der Waals surface area contributed by atoms with Crippen molar-refractivity contribution >= 4 is 5.97 Å². The summed E-state index contributed by atoms with van der Waals surface area (Å²) in [5.74, 6) is 1.74. The number of phenols is 1. The van der Waals surface area contributed by atoms with Gasteiger partial charge < -0.3 is 14.9 Å². The molecule has 2 N–H and O–H groups in total. The zero-order chi connectivity index (χ0) is 20.2. The predicted octanol–water partition coefficient (Wildman–Crippen LogP) is 4.83. The number of hydrogen-bond acceptors (Lipinski definition) is 4. The fraction of sp³-hybridized carbons (Fsp3) is 0.480. The van der Waals surface area contributed by atoms with Crippen molar-refractivity contribution in [1.82, 2.24) is 0 Å². The lowest BCUT2D eigenvalue weighted by atomic mass is 9.55. The van der Waals surface area contributed by atoms with Gasteiger partial charge in [0.1, 0.15) is 17.1 Å². The standard InChI is InChI=1S/C25H28O4/c1-25-13-12-18-17-9-7-16(29-24(28)20-4-2-3-5-22(20)26)14-15(17)6-8-19(18)21(25)10-11-23(25)27/h2-5,7,9,14,18-19,21,23,26-27H,6,8,10-13H2,1H3. The average Bonchev–Trinajstić information content (AvgIpc) is 3.02. The van der Waals surface area contributed by atoms with Gasteiger partial charge in [-0.3, -0.25) is 0 Å². The highest BCUT2D eigenvalue weighted by molar-refractivity contribution is 5.93. The van der Waals surface area contributed by atoms with Crippen LogP contribution in [0.1, 0.15) is 66.4 Å². The molecule has 0 aromatic heterocycles. The van der Waals surface area contributed by atoms with Crippen LogP contribution in [0.5, 0.6) is 11.5 Å². The van der Waals surface area contributed by atoms with Gasteiger partial charge in [0.2, 0.25) is 0 Å². The Balaban J connectivity index is 1.37. The van der Waals surface area contributed by atoms with Gasteiger partial charge in [0.25, 0.3) is 0 Å². The fourth-order valence-electron chi connectivity index (χ4n) is 6.40. The van der Waals surface area contributed by atoms with E-state index in [0.29, 0.717) is 23.5 Å². The summed E-state index contributed by atoms with van der Waals surface area (Å²) in [7, 11) is 0. The lowest BCUT2D eigenvalue weighted by Crippen LogP contribution is -2.43. The van der Waals surface area contributed by atoms with Crippen LogP contribution in [0.4, 0.5) is 0 Å². The first-order valence-corrected chi connectivity index (χ1v) is 10.8. The summed E-state index contributed by atoms with van der Waals surface area (Å²) in [5.41, 5.74) is 2.94. The minimum Gasteiger partial charge on any atom is -0.507 e. The number of aliphatic hydroxyl groups excluding tert-OH is 1. The van der Waals surface area contributed by atoms with Crippen molar-refractivity contribution in [2.45, 2.75) is 57.5 Å². The molecule has 3 aliphatic rings. The largest absolute Gasteiger partial charge is 0.507 e. The minimum atomic E-state index is -0.537. The van der Waals surface area contributed by atoms with Gasteiger partial charge in [0.05, 0.1) is 6.10 Å². The van der Waals surface area contributed by atoms with Crippen LogP contribution in [0.15, 0.2) is 42.5 Å². The molecular weight excluding hydrogens is 364 g/mol. The number of hydrogen-bond donors (Lipinski definition) is 2. The first-order valence-electron chi connectivity index (χ1n) is 10.8. The normalized spacial score (nSPS) is 32.8. The van der Waals surface area contributed by atoms with Crippen molar-refractivity contribution in [2.24, 2.45) is 17.3 Å². The third kappa shape index (κ3) is 2.96. The van der Waals surface area contributed by atoms with Crippen LogP contribution in [0.3, 0.4) is 0 Å². The number of aromatic hydroxyl groups is 1. The molecule has 29 heavy (non-hydrogen) atoms. The van der Waals surface area contributed by atoms with E-state index < -0.39 is 5.97 Å². The number of fused-ring (bicyclic) bond motifs is 5. The molecule has 5 rings (SSSR count). The molecule has 0 aliphatic heterocycles. The molecule has 0 spiro atoms. The molecule has 0 amide bonds. The van der Waals surface area contributed by atoms with Crippen LogP contribution in [-0.2, 0) is 6.42 Å². The van der Waals surface area contributed by atoms with E-state index in [4.69, 9.17) is 4.74 Å². The highest BCUT2D eigenvalue weighted by Crippen LogP contribution is 2.60. The highest BCUT2D eigenvalue weighted by atomic mass is 16.5. The summed E-state index contributed by atoms with van der Waals surface area (Å²) in [5, 5.41) is 20.4. The molecule has 152 valence electrons. The van der Waals surface area contributed by atoms with Crippen molar-refractivity contribution in [1.29, 1.82) is 0 Å². The summed E-state index contributed by atoms with van der Waals surface area (Å²) >= 11 is 0. The van der Waals surface area contributed by atoms with Crippen molar-refractivity contribution < 1.29 is 19.7 Å². The second-order valence-corrected chi connectivity index (χ2v) is 9.32. The molecule has 4 nitrogen and oxygen atoms in total. The lowest BCUT2D eigenvalue weighted by molar-refractivity contribution is -0.0226. The number of esters is 1. The third-order valence-electron chi connectivity index (χ3n) is 7.98. The molecule has 5 atom stereocenters. The van der Waals surface area contributed by atoms with Crippen molar-refractivity contribution in [3.8, 4) is 11.5 Å². The van der Waals surface area contributed by atoms with Crippen LogP contribution in [-0.4, -0.2) is 22.3 Å². The van der Waals surface area contributed by atoms with Gasteiger partial charge in [-0.1, -0.05) is 25.1 Å². The Hall–Kier alpha value is -2.33. The van der Waals surface area contributed by atoms with Crippen LogP contribution < -0.4 is 4.74 Å². The smallest absolute Gasteiger partial charge is 0.347 e. The van der Waals surface area contributed by atoms with Gasteiger partial charge in [0, 0.05) is 0 Å². The minimum absolute atomic E-state index is 0.0673. The second kappa shape index (κ2) is 6.88. The van der Waals surface area contributed by atoms with E-state index in [2.05, 4.69) is 13.0 Å². The Morgan fingerprint density at radius 1 is 1.10 bits per heavy atom. The summed E-state index contributed by atoms with van der Waals surface area (Å²) in [6.45, 7) is 2.29. The molecule has 5 unspecified atom stereocenters. The number of carbonyl (C=O) groups excluding carboxylic acids is 1. The first-order chi connectivity index (χ1) is 14.0. The van der Waals surface area contributed by atoms with E-state index in [-0.39, 0.29) is 22.8 Å². The Bertz CT molecular complexity index is 952. The van der Waals surface area contributed by atoms with E-state index in [1.54, 1.807) is 18.2 Å². The highest BCUT2D eigenvalue weighted by Gasteiger charge is 2.54. The Morgan fingerprint density at radius 2 is 1.93 bits per heavy atom. The number of ether oxygens (including phenoxy) is 1. The first kappa shape index (κ1) is 18.7. The maximum Gasteiger partial charge on any atom is 0.347 e. The number of aliphatic hydroxyl groups is 1. The van der Waals surface area contributed by atoms with E-state index in [1.165, 1.54) is 17.2 Å². The van der Waals surface area contributed by atoms with E-state index in [9.17, 15) is 15.0 Å². The Labute approximate surface area is 171 Å². The van der Waals surface area contributed by atoms with Crippen LogP contribution in [0.2, 0.25) is 0 Å². The topological polar surface area (TPSA) is 66.8 Å². The van der Waals surface area contributed by atoms with Crippen LogP contribution >= 0.6 is 0 Å². The SMILES string of the molecule is CC12CCC3c4ccc(OC(=O)c5ccccc5O)cc4CCC3C1CCC2O. The zero-order valence-corrected chi connectivity index (χ0v) is 16.8. The molecule has 3 aliphatic carbocycles. The average molecular weight is 392 g/mol. The molecule has 2 aromatic rings. The number of para-hydroxylation sites is 1. The van der Waals surface area contributed by atoms with Gasteiger partial charge in [-0.2, -0.15) is 0 Å². The maximum atomic E-state index is 12.4. The molecule has 0 saturated heterocycles. The number of phenolic OH excluding ortho intramolecular Hbond substituents is 1. The maximum absolute atomic E-state index is 12.4. The summed E-state index contributed by atoms with van der Waals surface area (Å²) in [6, 6.07) is 12.5. The van der Waals surface area contributed by atoms with Gasteiger partial charge in [-0.15, -0.1) is 0 Å². The molecule has 2 aromatic carbocycles.